The Morgan fingerprint density at radius 2 is 2.04 bits per heavy atom. The van der Waals surface area contributed by atoms with E-state index in [1.807, 2.05) is 45.0 Å². The summed E-state index contributed by atoms with van der Waals surface area (Å²) in [6, 6.07) is 9.65. The van der Waals surface area contributed by atoms with Crippen molar-refractivity contribution in [2.24, 2.45) is 5.92 Å². The third-order valence-corrected chi connectivity index (χ3v) is 5.21. The van der Waals surface area contributed by atoms with Crippen LogP contribution in [-0.4, -0.2) is 35.6 Å². The summed E-state index contributed by atoms with van der Waals surface area (Å²) in [4.78, 5) is 12.0. The van der Waals surface area contributed by atoms with Crippen LogP contribution < -0.4 is 5.32 Å². The molecule has 6 nitrogen and oxygen atoms in total. The van der Waals surface area contributed by atoms with E-state index < -0.39 is 21.5 Å². The number of nitrogens with one attached hydrogen (secondary N) is 1. The van der Waals surface area contributed by atoms with Crippen LogP contribution in [0, 0.1) is 12.8 Å². The van der Waals surface area contributed by atoms with Gasteiger partial charge in [0.1, 0.15) is 11.6 Å². The molecule has 0 atom stereocenters. The lowest BCUT2D eigenvalue weighted by atomic mass is 10.1. The van der Waals surface area contributed by atoms with Gasteiger partial charge < -0.3 is 5.32 Å². The van der Waals surface area contributed by atoms with Crippen LogP contribution in [-0.2, 0) is 21.2 Å². The summed E-state index contributed by atoms with van der Waals surface area (Å²) < 4.78 is 25.5. The first-order valence-corrected chi connectivity index (χ1v) is 9.65. The first-order valence-electron chi connectivity index (χ1n) is 7.83. The summed E-state index contributed by atoms with van der Waals surface area (Å²) in [5.41, 5.74) is 2.20. The van der Waals surface area contributed by atoms with Crippen molar-refractivity contribution in [1.82, 2.24) is 9.78 Å². The third kappa shape index (κ3) is 5.49. The largest absolute Gasteiger partial charge is 0.310 e. The Kier molecular flexibility index (Phi) is 5.77. The van der Waals surface area contributed by atoms with Crippen LogP contribution in [0.5, 0.6) is 0 Å². The number of rotatable bonds is 7. The Balaban J connectivity index is 2.04. The number of benzene rings is 1. The molecular formula is C17H23N3O3S. The number of hydrogen-bond acceptors (Lipinski definition) is 4. The van der Waals surface area contributed by atoms with Gasteiger partial charge in [-0.15, -0.1) is 0 Å². The second-order valence-corrected chi connectivity index (χ2v) is 8.47. The summed E-state index contributed by atoms with van der Waals surface area (Å²) in [5, 5.41) is 6.83. The zero-order valence-corrected chi connectivity index (χ0v) is 15.0. The Morgan fingerprint density at radius 1 is 1.29 bits per heavy atom. The highest BCUT2D eigenvalue weighted by Gasteiger charge is 2.19. The van der Waals surface area contributed by atoms with Crippen LogP contribution in [0.2, 0.25) is 0 Å². The predicted molar refractivity (Wildman–Crippen MR) is 94.6 cm³/mol. The van der Waals surface area contributed by atoms with E-state index in [2.05, 4.69) is 10.4 Å². The van der Waals surface area contributed by atoms with Crippen molar-refractivity contribution < 1.29 is 13.2 Å². The zero-order chi connectivity index (χ0) is 17.7. The molecule has 2 rings (SSSR count). The van der Waals surface area contributed by atoms with Crippen LogP contribution in [0.3, 0.4) is 0 Å². The second kappa shape index (κ2) is 7.61. The topological polar surface area (TPSA) is 81.1 Å². The maximum absolute atomic E-state index is 12.0. The molecule has 0 spiro atoms. The highest BCUT2D eigenvalue weighted by atomic mass is 32.2. The van der Waals surface area contributed by atoms with Crippen molar-refractivity contribution in [2.45, 2.75) is 27.3 Å². The van der Waals surface area contributed by atoms with Crippen molar-refractivity contribution in [3.63, 3.8) is 0 Å². The molecule has 7 heteroatoms. The minimum atomic E-state index is -3.40. The van der Waals surface area contributed by atoms with Crippen LogP contribution >= 0.6 is 0 Å². The molecule has 1 N–H and O–H groups in total. The number of hydrogen-bond donors (Lipinski definition) is 1. The molecule has 130 valence electrons. The van der Waals surface area contributed by atoms with Gasteiger partial charge in [-0.1, -0.05) is 43.7 Å². The monoisotopic (exact) mass is 349 g/mol. The normalized spacial score (nSPS) is 11.7. The number of carbonyl (C=O) groups is 1. The highest BCUT2D eigenvalue weighted by Crippen LogP contribution is 2.12. The Morgan fingerprint density at radius 3 is 2.71 bits per heavy atom. The Bertz CT molecular complexity index is 810. The number of anilines is 1. The van der Waals surface area contributed by atoms with Crippen LogP contribution in [0.25, 0.3) is 0 Å². The highest BCUT2D eigenvalue weighted by molar-refractivity contribution is 7.92. The van der Waals surface area contributed by atoms with Crippen molar-refractivity contribution in [3.8, 4) is 0 Å². The molecule has 0 aliphatic rings. The first kappa shape index (κ1) is 18.2. The number of sulfone groups is 1. The lowest BCUT2D eigenvalue weighted by molar-refractivity contribution is -0.113. The summed E-state index contributed by atoms with van der Waals surface area (Å²) in [6.45, 7) is 6.14. The third-order valence-electron chi connectivity index (χ3n) is 3.34. The SMILES string of the molecule is Cc1cccc(Cn2nccc2NC(=O)CS(=O)(=O)CC(C)C)c1. The lowest BCUT2D eigenvalue weighted by Crippen LogP contribution is -2.27. The van der Waals surface area contributed by atoms with E-state index in [-0.39, 0.29) is 11.7 Å². The standard InChI is InChI=1S/C17H23N3O3S/c1-13(2)11-24(22,23)12-17(21)19-16-7-8-18-20(16)10-15-6-4-5-14(3)9-15/h4-9,13H,10-12H2,1-3H3,(H,19,21). The quantitative estimate of drug-likeness (QED) is 0.831. The van der Waals surface area contributed by atoms with Gasteiger partial charge in [0.2, 0.25) is 5.91 Å². The zero-order valence-electron chi connectivity index (χ0n) is 14.2. The number of carbonyl (C=O) groups excluding carboxylic acids is 1. The number of amides is 1. The molecule has 1 aromatic carbocycles. The van der Waals surface area contributed by atoms with Crippen LogP contribution in [0.1, 0.15) is 25.0 Å². The summed E-state index contributed by atoms with van der Waals surface area (Å²) in [7, 11) is -3.40. The average Bonchev–Trinajstić information content (AvgIpc) is 2.83. The molecule has 1 amide bonds. The Labute approximate surface area is 142 Å². The summed E-state index contributed by atoms with van der Waals surface area (Å²) in [5.74, 6) is -0.568. The van der Waals surface area contributed by atoms with Gasteiger partial charge in [-0.2, -0.15) is 5.10 Å². The van der Waals surface area contributed by atoms with E-state index in [4.69, 9.17) is 0 Å². The maximum Gasteiger partial charge on any atom is 0.240 e. The molecule has 1 heterocycles. The summed E-state index contributed by atoms with van der Waals surface area (Å²) >= 11 is 0. The van der Waals surface area contributed by atoms with E-state index in [9.17, 15) is 13.2 Å². The average molecular weight is 349 g/mol. The molecule has 0 fully saturated rings. The van der Waals surface area contributed by atoms with Gasteiger partial charge in [-0.3, -0.25) is 4.79 Å². The van der Waals surface area contributed by atoms with E-state index in [0.717, 1.165) is 11.1 Å². The van der Waals surface area contributed by atoms with Gasteiger partial charge in [0.05, 0.1) is 18.5 Å². The van der Waals surface area contributed by atoms with Crippen molar-refractivity contribution in [1.29, 1.82) is 0 Å². The van der Waals surface area contributed by atoms with Crippen molar-refractivity contribution >= 4 is 21.6 Å². The smallest absolute Gasteiger partial charge is 0.240 e. The molecule has 0 aliphatic heterocycles. The molecule has 0 radical (unpaired) electrons. The van der Waals surface area contributed by atoms with Crippen molar-refractivity contribution in [2.75, 3.05) is 16.8 Å². The molecule has 0 bridgehead atoms. The number of nitrogens with zero attached hydrogens (tertiary/aromatic N) is 2. The molecule has 1 aromatic heterocycles. The van der Waals surface area contributed by atoms with E-state index in [0.29, 0.717) is 12.4 Å². The second-order valence-electron chi connectivity index (χ2n) is 6.36. The minimum Gasteiger partial charge on any atom is -0.310 e. The summed E-state index contributed by atoms with van der Waals surface area (Å²) in [6.07, 6.45) is 1.58. The maximum atomic E-state index is 12.0. The van der Waals surface area contributed by atoms with Gasteiger partial charge in [-0.25, -0.2) is 13.1 Å². The van der Waals surface area contributed by atoms with Gasteiger partial charge in [-0.05, 0) is 18.4 Å². The number of aromatic nitrogens is 2. The lowest BCUT2D eigenvalue weighted by Gasteiger charge is -2.10. The van der Waals surface area contributed by atoms with E-state index in [1.165, 1.54) is 0 Å². The van der Waals surface area contributed by atoms with E-state index in [1.54, 1.807) is 16.9 Å². The molecular weight excluding hydrogens is 326 g/mol. The molecule has 0 aliphatic carbocycles. The molecule has 0 saturated heterocycles. The van der Waals surface area contributed by atoms with Crippen molar-refractivity contribution in [3.05, 3.63) is 47.7 Å². The van der Waals surface area contributed by atoms with Gasteiger partial charge in [0.15, 0.2) is 9.84 Å². The van der Waals surface area contributed by atoms with Crippen LogP contribution in [0.15, 0.2) is 36.5 Å². The van der Waals surface area contributed by atoms with Crippen LogP contribution in [0.4, 0.5) is 5.82 Å². The van der Waals surface area contributed by atoms with Gasteiger partial charge >= 0.3 is 0 Å². The first-order chi connectivity index (χ1) is 11.2. The van der Waals surface area contributed by atoms with Gasteiger partial charge in [0, 0.05) is 6.07 Å². The molecule has 0 saturated carbocycles. The molecule has 24 heavy (non-hydrogen) atoms. The predicted octanol–water partition coefficient (Wildman–Crippen LogP) is 2.25. The van der Waals surface area contributed by atoms with Gasteiger partial charge in [0.25, 0.3) is 0 Å². The number of aryl methyl sites for hydroxylation is 1. The molecule has 2 aromatic rings. The fourth-order valence-corrected chi connectivity index (χ4v) is 4.10. The molecule has 0 unspecified atom stereocenters. The minimum absolute atomic E-state index is 0.00295. The fraction of sp³-hybridized carbons (Fsp3) is 0.412. The van der Waals surface area contributed by atoms with E-state index >= 15 is 0 Å². The Hall–Kier alpha value is -2.15. The fourth-order valence-electron chi connectivity index (χ4n) is 2.49.